The Morgan fingerprint density at radius 1 is 1.53 bits per heavy atom. The molecule has 0 spiro atoms. The van der Waals surface area contributed by atoms with Gasteiger partial charge in [-0.05, 0) is 6.42 Å². The van der Waals surface area contributed by atoms with Crippen molar-refractivity contribution in [2.75, 3.05) is 11.9 Å². The number of nitrogens with one attached hydrogen (secondary N) is 2. The van der Waals surface area contributed by atoms with Crippen LogP contribution >= 0.6 is 0 Å². The zero-order valence-corrected chi connectivity index (χ0v) is 9.43. The number of hydrogen-bond acceptors (Lipinski definition) is 2. The van der Waals surface area contributed by atoms with E-state index in [4.69, 9.17) is 0 Å². The molecule has 1 aromatic rings. The number of amides is 2. The van der Waals surface area contributed by atoms with Gasteiger partial charge in [0.1, 0.15) is 6.54 Å². The molecule has 2 N–H and O–H groups in total. The van der Waals surface area contributed by atoms with Gasteiger partial charge in [-0.15, -0.1) is 0 Å². The highest BCUT2D eigenvalue weighted by Gasteiger charge is 2.27. The lowest BCUT2D eigenvalue weighted by Crippen LogP contribution is -2.36. The van der Waals surface area contributed by atoms with Crippen LogP contribution in [0.1, 0.15) is 12.6 Å². The highest BCUT2D eigenvalue weighted by atomic mass is 19.4. The highest BCUT2D eigenvalue weighted by Crippen LogP contribution is 2.14. The van der Waals surface area contributed by atoms with Crippen LogP contribution in [0, 0.1) is 0 Å². The number of anilines is 1. The Morgan fingerprint density at radius 3 is 2.71 bits per heavy atom. The van der Waals surface area contributed by atoms with Gasteiger partial charge >= 0.3 is 12.2 Å². The molecule has 96 valence electrons. The Bertz CT molecular complexity index is 399. The van der Waals surface area contributed by atoms with Gasteiger partial charge in [-0.3, -0.25) is 4.68 Å². The average molecular weight is 250 g/mol. The van der Waals surface area contributed by atoms with Gasteiger partial charge in [0.25, 0.3) is 0 Å². The fraction of sp³-hybridized carbons (Fsp3) is 0.556. The van der Waals surface area contributed by atoms with E-state index in [0.29, 0.717) is 17.8 Å². The van der Waals surface area contributed by atoms with Crippen molar-refractivity contribution < 1.29 is 18.0 Å². The number of aryl methyl sites for hydroxylation is 2. The number of alkyl halides is 3. The summed E-state index contributed by atoms with van der Waals surface area (Å²) in [5.74, 6) is 0. The van der Waals surface area contributed by atoms with Gasteiger partial charge in [0.15, 0.2) is 0 Å². The van der Waals surface area contributed by atoms with E-state index in [1.165, 1.54) is 10.9 Å². The van der Waals surface area contributed by atoms with Crippen LogP contribution in [-0.4, -0.2) is 28.5 Å². The molecule has 1 heterocycles. The minimum absolute atomic E-state index is 0.412. The molecule has 0 atom stereocenters. The van der Waals surface area contributed by atoms with E-state index in [0.717, 1.165) is 0 Å². The molecular formula is C9H13F3N4O. The van der Waals surface area contributed by atoms with Crippen molar-refractivity contribution in [3.05, 3.63) is 11.9 Å². The van der Waals surface area contributed by atoms with Crippen LogP contribution < -0.4 is 10.6 Å². The van der Waals surface area contributed by atoms with Crippen molar-refractivity contribution in [1.82, 2.24) is 15.1 Å². The Kier molecular flexibility index (Phi) is 3.97. The number of aromatic nitrogens is 2. The van der Waals surface area contributed by atoms with Gasteiger partial charge in [0.05, 0.1) is 11.4 Å². The maximum absolute atomic E-state index is 11.8. The Balaban J connectivity index is 2.56. The number of nitrogens with zero attached hydrogens (tertiary/aromatic N) is 2. The van der Waals surface area contributed by atoms with E-state index >= 15 is 0 Å². The molecule has 5 nitrogen and oxygen atoms in total. The third kappa shape index (κ3) is 4.33. The second kappa shape index (κ2) is 5.07. The molecule has 17 heavy (non-hydrogen) atoms. The van der Waals surface area contributed by atoms with Gasteiger partial charge in [0, 0.05) is 13.2 Å². The van der Waals surface area contributed by atoms with Crippen molar-refractivity contribution in [2.24, 2.45) is 7.05 Å². The summed E-state index contributed by atoms with van der Waals surface area (Å²) in [6, 6.07) is -0.898. The normalized spacial score (nSPS) is 11.4. The van der Waals surface area contributed by atoms with Crippen molar-refractivity contribution in [3.63, 3.8) is 0 Å². The van der Waals surface area contributed by atoms with Gasteiger partial charge < -0.3 is 10.6 Å². The first-order valence-corrected chi connectivity index (χ1v) is 4.96. The van der Waals surface area contributed by atoms with Crippen molar-refractivity contribution in [1.29, 1.82) is 0 Å². The van der Waals surface area contributed by atoms with Gasteiger partial charge in [-0.2, -0.15) is 18.3 Å². The van der Waals surface area contributed by atoms with E-state index < -0.39 is 18.8 Å². The Hall–Kier alpha value is -1.73. The summed E-state index contributed by atoms with van der Waals surface area (Å²) in [7, 11) is 1.66. The van der Waals surface area contributed by atoms with Crippen LogP contribution in [0.5, 0.6) is 0 Å². The van der Waals surface area contributed by atoms with E-state index in [2.05, 4.69) is 10.4 Å². The van der Waals surface area contributed by atoms with Crippen LogP contribution in [0.15, 0.2) is 6.20 Å². The first-order chi connectivity index (χ1) is 7.81. The summed E-state index contributed by atoms with van der Waals surface area (Å²) < 4.78 is 37.0. The number of rotatable bonds is 3. The second-order valence-electron chi connectivity index (χ2n) is 3.44. The molecule has 2 amide bonds. The third-order valence-electron chi connectivity index (χ3n) is 1.94. The number of carbonyl (C=O) groups excluding carboxylic acids is 1. The van der Waals surface area contributed by atoms with E-state index in [9.17, 15) is 18.0 Å². The van der Waals surface area contributed by atoms with Crippen LogP contribution in [0.25, 0.3) is 0 Å². The number of halogens is 3. The van der Waals surface area contributed by atoms with Crippen LogP contribution in [0.3, 0.4) is 0 Å². The van der Waals surface area contributed by atoms with Gasteiger partial charge in [0.2, 0.25) is 0 Å². The molecule has 0 aromatic carbocycles. The molecule has 0 aliphatic carbocycles. The van der Waals surface area contributed by atoms with Crippen molar-refractivity contribution in [2.45, 2.75) is 19.5 Å². The second-order valence-corrected chi connectivity index (χ2v) is 3.44. The minimum Gasteiger partial charge on any atom is -0.329 e. The number of hydrogen-bond donors (Lipinski definition) is 2. The number of carbonyl (C=O) groups is 1. The Labute approximate surface area is 96.0 Å². The SMILES string of the molecule is CCc1nn(C)cc1NC(=O)NCC(F)(F)F. The molecule has 0 aliphatic heterocycles. The maximum atomic E-state index is 11.8. The smallest absolute Gasteiger partial charge is 0.329 e. The molecule has 0 saturated heterocycles. The van der Waals surface area contributed by atoms with Crippen LogP contribution in [0.4, 0.5) is 23.7 Å². The first kappa shape index (κ1) is 13.3. The van der Waals surface area contributed by atoms with Crippen molar-refractivity contribution >= 4 is 11.7 Å². The van der Waals surface area contributed by atoms with E-state index in [1.54, 1.807) is 12.4 Å². The summed E-state index contributed by atoms with van der Waals surface area (Å²) in [6.07, 6.45) is -2.30. The highest BCUT2D eigenvalue weighted by molar-refractivity contribution is 5.89. The monoisotopic (exact) mass is 250 g/mol. The fourth-order valence-corrected chi connectivity index (χ4v) is 1.25. The molecule has 0 bridgehead atoms. The largest absolute Gasteiger partial charge is 0.405 e. The first-order valence-electron chi connectivity index (χ1n) is 4.96. The van der Waals surface area contributed by atoms with E-state index in [1.807, 2.05) is 6.92 Å². The molecule has 0 aliphatic rings. The minimum atomic E-state index is -4.42. The third-order valence-corrected chi connectivity index (χ3v) is 1.94. The van der Waals surface area contributed by atoms with Crippen LogP contribution in [0.2, 0.25) is 0 Å². The quantitative estimate of drug-likeness (QED) is 0.857. The van der Waals surface area contributed by atoms with Gasteiger partial charge in [-0.1, -0.05) is 6.92 Å². The molecule has 0 saturated carbocycles. The lowest BCUT2D eigenvalue weighted by atomic mass is 10.3. The van der Waals surface area contributed by atoms with E-state index in [-0.39, 0.29) is 0 Å². The average Bonchev–Trinajstić information content (AvgIpc) is 2.55. The molecule has 1 aromatic heterocycles. The van der Waals surface area contributed by atoms with Crippen LogP contribution in [-0.2, 0) is 13.5 Å². The topological polar surface area (TPSA) is 59.0 Å². The zero-order valence-electron chi connectivity index (χ0n) is 9.43. The standard InChI is InChI=1S/C9H13F3N4O/c1-3-6-7(4-16(2)15-6)14-8(17)13-5-9(10,11)12/h4H,3,5H2,1-2H3,(H2,13,14,17). The molecule has 1 rings (SSSR count). The maximum Gasteiger partial charge on any atom is 0.405 e. The predicted octanol–water partition coefficient (Wildman–Crippen LogP) is 1.67. The molecule has 0 unspecified atom stereocenters. The molecule has 8 heteroatoms. The summed E-state index contributed by atoms with van der Waals surface area (Å²) in [4.78, 5) is 11.2. The summed E-state index contributed by atoms with van der Waals surface area (Å²) in [5, 5.41) is 8.08. The molecule has 0 radical (unpaired) electrons. The lowest BCUT2D eigenvalue weighted by molar-refractivity contribution is -0.122. The fourth-order valence-electron chi connectivity index (χ4n) is 1.25. The zero-order chi connectivity index (χ0) is 13.1. The summed E-state index contributed by atoms with van der Waals surface area (Å²) in [5.41, 5.74) is 1.03. The Morgan fingerprint density at radius 2 is 2.18 bits per heavy atom. The predicted molar refractivity (Wildman–Crippen MR) is 55.7 cm³/mol. The molecular weight excluding hydrogens is 237 g/mol. The molecule has 0 fully saturated rings. The van der Waals surface area contributed by atoms with Gasteiger partial charge in [-0.25, -0.2) is 4.79 Å². The van der Waals surface area contributed by atoms with Crippen molar-refractivity contribution in [3.8, 4) is 0 Å². The lowest BCUT2D eigenvalue weighted by Gasteiger charge is -2.09. The number of urea groups is 1. The summed E-state index contributed by atoms with van der Waals surface area (Å²) >= 11 is 0. The summed E-state index contributed by atoms with van der Waals surface area (Å²) in [6.45, 7) is 0.474.